The summed E-state index contributed by atoms with van der Waals surface area (Å²) in [7, 11) is 0. The predicted molar refractivity (Wildman–Crippen MR) is 92.9 cm³/mol. The number of carbonyl (C=O) groups excluding carboxylic acids is 2. The van der Waals surface area contributed by atoms with Crippen LogP contribution in [0, 0.1) is 0 Å². The second-order valence-corrected chi connectivity index (χ2v) is 5.45. The Bertz CT molecular complexity index is 590. The molecule has 1 aromatic rings. The van der Waals surface area contributed by atoms with Crippen molar-refractivity contribution < 1.29 is 29.1 Å². The Balaban J connectivity index is 0.00000153. The van der Waals surface area contributed by atoms with Crippen LogP contribution in [-0.4, -0.2) is 57.5 Å². The molecule has 0 bridgehead atoms. The molecule has 2 atom stereocenters. The minimum absolute atomic E-state index is 0.0911. The Morgan fingerprint density at radius 2 is 1.93 bits per heavy atom. The Hall–Kier alpha value is -2.77. The quantitative estimate of drug-likeness (QED) is 0.216. The molecule has 13 nitrogen and oxygen atoms in total. The van der Waals surface area contributed by atoms with Crippen LogP contribution in [-0.2, 0) is 16.1 Å². The Morgan fingerprint density at radius 3 is 2.44 bits per heavy atom. The smallest absolute Gasteiger partial charge is 0.326 e. The first-order valence-electron chi connectivity index (χ1n) is 8.13. The van der Waals surface area contributed by atoms with Crippen LogP contribution in [0.1, 0.15) is 43.9 Å². The van der Waals surface area contributed by atoms with Gasteiger partial charge in [0.1, 0.15) is 6.04 Å². The number of amides is 3. The van der Waals surface area contributed by atoms with Gasteiger partial charge in [0.2, 0.25) is 11.8 Å². The molecule has 1 aromatic heterocycles. The Labute approximate surface area is 155 Å². The van der Waals surface area contributed by atoms with Crippen molar-refractivity contribution in [2.24, 2.45) is 17.2 Å². The van der Waals surface area contributed by atoms with E-state index in [1.54, 1.807) is 0 Å². The zero-order chi connectivity index (χ0) is 20.8. The SMILES string of the molecule is CC(N)=O.NCCCCC(NC(=O)NCc1nc(C(N)CO)no1)C(=O)O. The first kappa shape index (κ1) is 24.2. The fourth-order valence-corrected chi connectivity index (χ4v) is 1.69. The summed E-state index contributed by atoms with van der Waals surface area (Å²) in [6.45, 7) is 1.34. The molecule has 0 saturated carbocycles. The molecule has 2 unspecified atom stereocenters. The molecular weight excluding hydrogens is 362 g/mol. The van der Waals surface area contributed by atoms with Crippen molar-refractivity contribution in [3.63, 3.8) is 0 Å². The summed E-state index contributed by atoms with van der Waals surface area (Å²) < 4.78 is 4.84. The highest BCUT2D eigenvalue weighted by molar-refractivity contribution is 5.82. The number of hydrogen-bond donors (Lipinski definition) is 7. The number of carbonyl (C=O) groups is 3. The Morgan fingerprint density at radius 1 is 1.30 bits per heavy atom. The normalized spacial score (nSPS) is 12.3. The van der Waals surface area contributed by atoms with E-state index in [0.717, 1.165) is 0 Å². The maximum Gasteiger partial charge on any atom is 0.326 e. The second kappa shape index (κ2) is 13.4. The molecule has 0 saturated heterocycles. The molecule has 27 heavy (non-hydrogen) atoms. The molecule has 13 heteroatoms. The van der Waals surface area contributed by atoms with E-state index in [1.807, 2.05) is 0 Å². The minimum Gasteiger partial charge on any atom is -0.480 e. The molecule has 0 aliphatic heterocycles. The number of carboxylic acid groups (broad SMARTS) is 1. The highest BCUT2D eigenvalue weighted by atomic mass is 16.5. The summed E-state index contributed by atoms with van der Waals surface area (Å²) in [5, 5.41) is 26.2. The number of nitrogens with two attached hydrogens (primary N) is 3. The van der Waals surface area contributed by atoms with Crippen LogP contribution in [0.15, 0.2) is 4.52 Å². The van der Waals surface area contributed by atoms with Crippen molar-refractivity contribution in [2.45, 2.75) is 44.8 Å². The first-order valence-corrected chi connectivity index (χ1v) is 8.13. The third-order valence-electron chi connectivity index (χ3n) is 2.96. The van der Waals surface area contributed by atoms with E-state index < -0.39 is 24.1 Å². The fourth-order valence-electron chi connectivity index (χ4n) is 1.69. The molecule has 0 fully saturated rings. The van der Waals surface area contributed by atoms with E-state index in [1.165, 1.54) is 6.92 Å². The predicted octanol–water partition coefficient (Wildman–Crippen LogP) is -2.07. The lowest BCUT2D eigenvalue weighted by Gasteiger charge is -2.14. The van der Waals surface area contributed by atoms with Crippen LogP contribution >= 0.6 is 0 Å². The van der Waals surface area contributed by atoms with Crippen molar-refractivity contribution in [2.75, 3.05) is 13.2 Å². The molecule has 0 aromatic carbocycles. The zero-order valence-corrected chi connectivity index (χ0v) is 15.1. The lowest BCUT2D eigenvalue weighted by atomic mass is 10.1. The number of nitrogens with zero attached hydrogens (tertiary/aromatic N) is 2. The van der Waals surface area contributed by atoms with Gasteiger partial charge in [-0.1, -0.05) is 5.16 Å². The third kappa shape index (κ3) is 11.5. The topological polar surface area (TPSA) is 233 Å². The molecule has 154 valence electrons. The van der Waals surface area contributed by atoms with Gasteiger partial charge in [0.15, 0.2) is 5.82 Å². The summed E-state index contributed by atoms with van der Waals surface area (Å²) in [5.41, 5.74) is 15.3. The standard InChI is InChI=1S/C12H22N6O5.C2H5NO/c13-4-2-1-3-8(11(20)21)16-12(22)15-5-9-17-10(18-23-9)7(14)6-19;1-2(3)4/h7-8,19H,1-6,13-14H2,(H,20,21)(H2,15,16,22);1H3,(H2,3,4). The minimum atomic E-state index is -1.12. The monoisotopic (exact) mass is 389 g/mol. The number of aliphatic hydroxyl groups is 1. The number of aliphatic carboxylic acids is 1. The largest absolute Gasteiger partial charge is 0.480 e. The van der Waals surface area contributed by atoms with Crippen LogP contribution in [0.4, 0.5) is 4.79 Å². The molecule has 0 aliphatic rings. The van der Waals surface area contributed by atoms with Gasteiger partial charge in [-0.05, 0) is 25.8 Å². The summed E-state index contributed by atoms with van der Waals surface area (Å²) in [5.74, 6) is -1.24. The van der Waals surface area contributed by atoms with Gasteiger partial charge < -0.3 is 42.6 Å². The Kier molecular flexibility index (Phi) is 12.1. The average Bonchev–Trinajstić information content (AvgIpc) is 3.07. The highest BCUT2D eigenvalue weighted by Gasteiger charge is 2.20. The average molecular weight is 389 g/mol. The van der Waals surface area contributed by atoms with Gasteiger partial charge in [-0.15, -0.1) is 0 Å². The fraction of sp³-hybridized carbons (Fsp3) is 0.643. The maximum atomic E-state index is 11.7. The van der Waals surface area contributed by atoms with Crippen LogP contribution in [0.2, 0.25) is 0 Å². The van der Waals surface area contributed by atoms with Crippen molar-refractivity contribution in [1.82, 2.24) is 20.8 Å². The summed E-state index contributed by atoms with van der Waals surface area (Å²) in [4.78, 5) is 35.9. The molecule has 0 radical (unpaired) electrons. The van der Waals surface area contributed by atoms with Crippen molar-refractivity contribution in [3.8, 4) is 0 Å². The van der Waals surface area contributed by atoms with E-state index >= 15 is 0 Å². The van der Waals surface area contributed by atoms with E-state index in [4.69, 9.17) is 26.2 Å². The van der Waals surface area contributed by atoms with Crippen LogP contribution in [0.3, 0.4) is 0 Å². The van der Waals surface area contributed by atoms with Gasteiger partial charge in [0.05, 0.1) is 19.2 Å². The number of urea groups is 1. The molecule has 0 aliphatic carbocycles. The van der Waals surface area contributed by atoms with E-state index in [2.05, 4.69) is 26.5 Å². The lowest BCUT2D eigenvalue weighted by Crippen LogP contribution is -2.45. The summed E-state index contributed by atoms with van der Waals surface area (Å²) in [6, 6.07) is -2.43. The van der Waals surface area contributed by atoms with Crippen LogP contribution < -0.4 is 27.8 Å². The number of aromatic nitrogens is 2. The van der Waals surface area contributed by atoms with Crippen molar-refractivity contribution in [3.05, 3.63) is 11.7 Å². The number of carboxylic acids is 1. The van der Waals surface area contributed by atoms with Gasteiger partial charge >= 0.3 is 12.0 Å². The first-order chi connectivity index (χ1) is 12.7. The number of nitrogens with one attached hydrogen (secondary N) is 2. The van der Waals surface area contributed by atoms with Crippen LogP contribution in [0.25, 0.3) is 0 Å². The van der Waals surface area contributed by atoms with Crippen LogP contribution in [0.5, 0.6) is 0 Å². The van der Waals surface area contributed by atoms with E-state index in [9.17, 15) is 14.4 Å². The second-order valence-electron chi connectivity index (χ2n) is 5.45. The lowest BCUT2D eigenvalue weighted by molar-refractivity contribution is -0.139. The number of aliphatic hydroxyl groups excluding tert-OH is 1. The molecular formula is C14H27N7O6. The molecule has 10 N–H and O–H groups in total. The summed E-state index contributed by atoms with van der Waals surface area (Å²) >= 11 is 0. The number of hydrogen-bond acceptors (Lipinski definition) is 9. The maximum absolute atomic E-state index is 11.7. The molecule has 3 amide bonds. The number of rotatable bonds is 10. The van der Waals surface area contributed by atoms with Gasteiger partial charge in [0, 0.05) is 6.92 Å². The van der Waals surface area contributed by atoms with Crippen molar-refractivity contribution in [1.29, 1.82) is 0 Å². The van der Waals surface area contributed by atoms with E-state index in [-0.39, 0.29) is 37.2 Å². The zero-order valence-electron chi connectivity index (χ0n) is 15.1. The molecule has 1 rings (SSSR count). The number of primary amides is 1. The van der Waals surface area contributed by atoms with Crippen molar-refractivity contribution >= 4 is 17.9 Å². The summed E-state index contributed by atoms with van der Waals surface area (Å²) in [6.07, 6.45) is 1.57. The van der Waals surface area contributed by atoms with E-state index in [0.29, 0.717) is 19.4 Å². The molecule has 1 heterocycles. The van der Waals surface area contributed by atoms with Gasteiger partial charge in [0.25, 0.3) is 0 Å². The van der Waals surface area contributed by atoms with Gasteiger partial charge in [-0.25, -0.2) is 9.59 Å². The number of unbranched alkanes of at least 4 members (excludes halogenated alkanes) is 1. The highest BCUT2D eigenvalue weighted by Crippen LogP contribution is 2.05. The molecule has 0 spiro atoms. The van der Waals surface area contributed by atoms with Gasteiger partial charge in [-0.2, -0.15) is 4.98 Å². The third-order valence-corrected chi connectivity index (χ3v) is 2.96. The van der Waals surface area contributed by atoms with Gasteiger partial charge in [-0.3, -0.25) is 4.79 Å².